The Hall–Kier alpha value is -1.18. The second-order valence-electron chi connectivity index (χ2n) is 4.29. The number of ether oxygens (including phenoxy) is 1. The fourth-order valence-electron chi connectivity index (χ4n) is 1.66. The van der Waals surface area contributed by atoms with Gasteiger partial charge < -0.3 is 10.1 Å². The summed E-state index contributed by atoms with van der Waals surface area (Å²) in [4.78, 5) is 0. The molecule has 0 saturated carbocycles. The highest BCUT2D eigenvalue weighted by Gasteiger charge is 2.08. The van der Waals surface area contributed by atoms with Gasteiger partial charge in [-0.05, 0) is 43.0 Å². The summed E-state index contributed by atoms with van der Waals surface area (Å²) >= 11 is 0. The zero-order valence-corrected chi connectivity index (χ0v) is 10.8. The van der Waals surface area contributed by atoms with E-state index in [1.165, 1.54) is 11.3 Å². The molecule has 0 radical (unpaired) electrons. The molecule has 2 heteroatoms. The van der Waals surface area contributed by atoms with Gasteiger partial charge in [0.05, 0.1) is 6.61 Å². The number of anilines is 1. The molecule has 0 bridgehead atoms. The Kier molecular flexibility index (Phi) is 5.17. The first-order valence-electron chi connectivity index (χ1n) is 6.19. The van der Waals surface area contributed by atoms with Crippen molar-refractivity contribution < 1.29 is 4.74 Å². The van der Waals surface area contributed by atoms with E-state index in [1.807, 2.05) is 0 Å². The standard InChI is InChI=1S/C14H23NO/c1-5-9-16-14-8-7-12(15-6-2)10-13(14)11(3)4/h7-8,10-11,15H,5-6,9H2,1-4H3. The van der Waals surface area contributed by atoms with E-state index in [-0.39, 0.29) is 0 Å². The third kappa shape index (κ3) is 3.44. The minimum atomic E-state index is 0.491. The van der Waals surface area contributed by atoms with Crippen LogP contribution < -0.4 is 10.1 Å². The monoisotopic (exact) mass is 221 g/mol. The van der Waals surface area contributed by atoms with Crippen LogP contribution in [0.15, 0.2) is 18.2 Å². The van der Waals surface area contributed by atoms with Crippen LogP contribution in [-0.4, -0.2) is 13.2 Å². The summed E-state index contributed by atoms with van der Waals surface area (Å²) in [5, 5.41) is 3.33. The van der Waals surface area contributed by atoms with Gasteiger partial charge in [0.25, 0.3) is 0 Å². The number of benzene rings is 1. The van der Waals surface area contributed by atoms with Crippen molar-refractivity contribution in [3.05, 3.63) is 23.8 Å². The minimum Gasteiger partial charge on any atom is -0.493 e. The van der Waals surface area contributed by atoms with Crippen LogP contribution in [0.1, 0.15) is 45.6 Å². The first kappa shape index (κ1) is 12.9. The van der Waals surface area contributed by atoms with Crippen LogP contribution in [0, 0.1) is 0 Å². The van der Waals surface area contributed by atoms with Gasteiger partial charge in [0.15, 0.2) is 0 Å². The van der Waals surface area contributed by atoms with Gasteiger partial charge in [0, 0.05) is 12.2 Å². The van der Waals surface area contributed by atoms with Crippen molar-refractivity contribution in [2.75, 3.05) is 18.5 Å². The lowest BCUT2D eigenvalue weighted by Gasteiger charge is -2.15. The molecule has 0 heterocycles. The Morgan fingerprint density at radius 1 is 1.25 bits per heavy atom. The largest absolute Gasteiger partial charge is 0.493 e. The molecule has 1 aromatic carbocycles. The molecular weight excluding hydrogens is 198 g/mol. The van der Waals surface area contributed by atoms with Gasteiger partial charge in [-0.2, -0.15) is 0 Å². The topological polar surface area (TPSA) is 21.3 Å². The minimum absolute atomic E-state index is 0.491. The highest BCUT2D eigenvalue weighted by atomic mass is 16.5. The highest BCUT2D eigenvalue weighted by molar-refractivity contribution is 5.52. The van der Waals surface area contributed by atoms with E-state index in [2.05, 4.69) is 51.2 Å². The van der Waals surface area contributed by atoms with Gasteiger partial charge >= 0.3 is 0 Å². The molecule has 2 nitrogen and oxygen atoms in total. The Labute approximate surface area is 99.0 Å². The molecule has 90 valence electrons. The van der Waals surface area contributed by atoms with Crippen LogP contribution in [0.25, 0.3) is 0 Å². The Balaban J connectivity index is 2.90. The molecule has 0 amide bonds. The van der Waals surface area contributed by atoms with Crippen LogP contribution >= 0.6 is 0 Å². The number of hydrogen-bond donors (Lipinski definition) is 1. The summed E-state index contributed by atoms with van der Waals surface area (Å²) in [7, 11) is 0. The summed E-state index contributed by atoms with van der Waals surface area (Å²) in [5.41, 5.74) is 2.46. The van der Waals surface area contributed by atoms with Gasteiger partial charge in [-0.25, -0.2) is 0 Å². The average molecular weight is 221 g/mol. The lowest BCUT2D eigenvalue weighted by molar-refractivity contribution is 0.313. The average Bonchev–Trinajstić information content (AvgIpc) is 2.27. The number of rotatable bonds is 6. The van der Waals surface area contributed by atoms with E-state index >= 15 is 0 Å². The Morgan fingerprint density at radius 3 is 2.56 bits per heavy atom. The third-order valence-corrected chi connectivity index (χ3v) is 2.47. The predicted molar refractivity (Wildman–Crippen MR) is 70.5 cm³/mol. The lowest BCUT2D eigenvalue weighted by Crippen LogP contribution is -2.02. The summed E-state index contributed by atoms with van der Waals surface area (Å²) < 4.78 is 5.75. The summed E-state index contributed by atoms with van der Waals surface area (Å²) in [6, 6.07) is 6.35. The van der Waals surface area contributed by atoms with Crippen molar-refractivity contribution in [1.82, 2.24) is 0 Å². The SMILES string of the molecule is CCCOc1ccc(NCC)cc1C(C)C. The first-order chi connectivity index (χ1) is 7.69. The zero-order chi connectivity index (χ0) is 12.0. The molecular formula is C14H23NO. The summed E-state index contributed by atoms with van der Waals surface area (Å²) in [5.74, 6) is 1.52. The molecule has 16 heavy (non-hydrogen) atoms. The molecule has 0 aliphatic heterocycles. The van der Waals surface area contributed by atoms with E-state index in [9.17, 15) is 0 Å². The van der Waals surface area contributed by atoms with Crippen LogP contribution in [0.3, 0.4) is 0 Å². The summed E-state index contributed by atoms with van der Waals surface area (Å²) in [6.45, 7) is 10.4. The van der Waals surface area contributed by atoms with E-state index < -0.39 is 0 Å². The number of nitrogens with one attached hydrogen (secondary N) is 1. The van der Waals surface area contributed by atoms with Gasteiger partial charge in [0.1, 0.15) is 5.75 Å². The Bertz CT molecular complexity index is 321. The van der Waals surface area contributed by atoms with Crippen molar-refractivity contribution in [2.45, 2.75) is 40.0 Å². The van der Waals surface area contributed by atoms with Gasteiger partial charge in [-0.3, -0.25) is 0 Å². The molecule has 0 atom stereocenters. The molecule has 0 unspecified atom stereocenters. The quantitative estimate of drug-likeness (QED) is 0.783. The molecule has 0 aromatic heterocycles. The van der Waals surface area contributed by atoms with Gasteiger partial charge in [-0.1, -0.05) is 20.8 Å². The predicted octanol–water partition coefficient (Wildman–Crippen LogP) is 4.03. The maximum absolute atomic E-state index is 5.75. The molecule has 0 saturated heterocycles. The molecule has 1 N–H and O–H groups in total. The zero-order valence-electron chi connectivity index (χ0n) is 10.8. The first-order valence-corrected chi connectivity index (χ1v) is 6.19. The molecule has 1 rings (SSSR count). The molecule has 0 aliphatic carbocycles. The Morgan fingerprint density at radius 2 is 2.00 bits per heavy atom. The maximum atomic E-state index is 5.75. The summed E-state index contributed by atoms with van der Waals surface area (Å²) in [6.07, 6.45) is 1.05. The van der Waals surface area contributed by atoms with Gasteiger partial charge in [0.2, 0.25) is 0 Å². The van der Waals surface area contributed by atoms with Crippen molar-refractivity contribution in [3.8, 4) is 5.75 Å². The van der Waals surface area contributed by atoms with E-state index in [0.29, 0.717) is 5.92 Å². The fraction of sp³-hybridized carbons (Fsp3) is 0.571. The second-order valence-corrected chi connectivity index (χ2v) is 4.29. The molecule has 0 aliphatic rings. The lowest BCUT2D eigenvalue weighted by atomic mass is 10.0. The van der Waals surface area contributed by atoms with Crippen molar-refractivity contribution >= 4 is 5.69 Å². The van der Waals surface area contributed by atoms with E-state index in [1.54, 1.807) is 0 Å². The third-order valence-electron chi connectivity index (χ3n) is 2.47. The molecule has 1 aromatic rings. The molecule has 0 fully saturated rings. The van der Waals surface area contributed by atoms with E-state index in [0.717, 1.165) is 25.3 Å². The van der Waals surface area contributed by atoms with Crippen molar-refractivity contribution in [2.24, 2.45) is 0 Å². The van der Waals surface area contributed by atoms with Crippen LogP contribution in [0.2, 0.25) is 0 Å². The van der Waals surface area contributed by atoms with Crippen LogP contribution in [-0.2, 0) is 0 Å². The fourth-order valence-corrected chi connectivity index (χ4v) is 1.66. The second kappa shape index (κ2) is 6.41. The van der Waals surface area contributed by atoms with Crippen LogP contribution in [0.4, 0.5) is 5.69 Å². The van der Waals surface area contributed by atoms with Crippen molar-refractivity contribution in [1.29, 1.82) is 0 Å². The number of hydrogen-bond acceptors (Lipinski definition) is 2. The highest BCUT2D eigenvalue weighted by Crippen LogP contribution is 2.29. The molecule has 0 spiro atoms. The smallest absolute Gasteiger partial charge is 0.122 e. The van der Waals surface area contributed by atoms with Gasteiger partial charge in [-0.15, -0.1) is 0 Å². The maximum Gasteiger partial charge on any atom is 0.122 e. The van der Waals surface area contributed by atoms with Crippen LogP contribution in [0.5, 0.6) is 5.75 Å². The van der Waals surface area contributed by atoms with E-state index in [4.69, 9.17) is 4.74 Å². The van der Waals surface area contributed by atoms with Crippen molar-refractivity contribution in [3.63, 3.8) is 0 Å². The normalized spacial score (nSPS) is 10.6.